The molecule has 0 spiro atoms. The summed E-state index contributed by atoms with van der Waals surface area (Å²) in [5, 5.41) is 2.81. The van der Waals surface area contributed by atoms with Crippen molar-refractivity contribution < 1.29 is 9.21 Å². The molecule has 0 saturated carbocycles. The molecule has 0 radical (unpaired) electrons. The molecule has 1 heterocycles. The molecule has 1 aromatic carbocycles. The van der Waals surface area contributed by atoms with Crippen LogP contribution in [0, 0.1) is 0 Å². The van der Waals surface area contributed by atoms with Gasteiger partial charge in [-0.1, -0.05) is 11.8 Å². The summed E-state index contributed by atoms with van der Waals surface area (Å²) in [6.07, 6.45) is 0. The highest BCUT2D eigenvalue weighted by Crippen LogP contribution is 2.27. The lowest BCUT2D eigenvalue weighted by Crippen LogP contribution is -2.27. The molecule has 1 aromatic heterocycles. The van der Waals surface area contributed by atoms with Gasteiger partial charge in [0, 0.05) is 18.8 Å². The Hall–Kier alpha value is -1.69. The average Bonchev–Trinajstić information content (AvgIpc) is 2.69. The quantitative estimate of drug-likeness (QED) is 0.640. The Bertz CT molecular complexity index is 553. The van der Waals surface area contributed by atoms with Crippen LogP contribution in [0.3, 0.4) is 0 Å². The minimum absolute atomic E-state index is 0.0585. The largest absolute Gasteiger partial charge is 0.431 e. The van der Waals surface area contributed by atoms with E-state index in [0.717, 1.165) is 5.52 Å². The summed E-state index contributed by atoms with van der Waals surface area (Å²) >= 11 is 1.28. The summed E-state index contributed by atoms with van der Waals surface area (Å²) in [6, 6.07) is 5.28. The Morgan fingerprint density at radius 3 is 3.06 bits per heavy atom. The van der Waals surface area contributed by atoms with Crippen LogP contribution in [0.1, 0.15) is 6.92 Å². The van der Waals surface area contributed by atoms with E-state index in [0.29, 0.717) is 16.5 Å². The van der Waals surface area contributed by atoms with Crippen LogP contribution in [0.4, 0.5) is 5.69 Å². The van der Waals surface area contributed by atoms with E-state index < -0.39 is 0 Å². The maximum Gasteiger partial charge on any atom is 0.257 e. The minimum Gasteiger partial charge on any atom is -0.431 e. The number of nitrogens with two attached hydrogens (primary N) is 1. The highest BCUT2D eigenvalue weighted by atomic mass is 32.2. The zero-order chi connectivity index (χ0) is 12.4. The van der Waals surface area contributed by atoms with Crippen molar-refractivity contribution in [1.29, 1.82) is 0 Å². The molecule has 1 amide bonds. The van der Waals surface area contributed by atoms with Crippen molar-refractivity contribution in [2.45, 2.75) is 17.4 Å². The summed E-state index contributed by atoms with van der Waals surface area (Å²) in [5.74, 6) is -0.0585. The van der Waals surface area contributed by atoms with E-state index in [1.807, 2.05) is 0 Å². The van der Waals surface area contributed by atoms with Gasteiger partial charge in [-0.2, -0.15) is 0 Å². The van der Waals surface area contributed by atoms with E-state index in [2.05, 4.69) is 10.3 Å². The summed E-state index contributed by atoms with van der Waals surface area (Å²) in [5.41, 5.74) is 7.65. The summed E-state index contributed by atoms with van der Waals surface area (Å²) < 4.78 is 5.51. The van der Waals surface area contributed by atoms with Crippen molar-refractivity contribution >= 4 is 34.5 Å². The zero-order valence-electron chi connectivity index (χ0n) is 9.56. The predicted molar refractivity (Wildman–Crippen MR) is 67.8 cm³/mol. The van der Waals surface area contributed by atoms with Gasteiger partial charge < -0.3 is 15.5 Å². The molecular weight excluding hydrogens is 238 g/mol. The lowest BCUT2D eigenvalue weighted by atomic mass is 10.3. The number of anilines is 1. The fraction of sp³-hybridized carbons (Fsp3) is 0.273. The molecule has 1 atom stereocenters. The second-order valence-corrected chi connectivity index (χ2v) is 4.87. The van der Waals surface area contributed by atoms with Gasteiger partial charge in [-0.15, -0.1) is 0 Å². The summed E-state index contributed by atoms with van der Waals surface area (Å²) in [4.78, 5) is 15.6. The van der Waals surface area contributed by atoms with Gasteiger partial charge in [0.15, 0.2) is 5.58 Å². The van der Waals surface area contributed by atoms with Gasteiger partial charge in [0.2, 0.25) is 5.91 Å². The first kappa shape index (κ1) is 11.8. The number of nitrogen functional groups attached to an aromatic ring is 1. The first-order valence-corrected chi connectivity index (χ1v) is 6.02. The summed E-state index contributed by atoms with van der Waals surface area (Å²) in [6.45, 7) is 1.80. The van der Waals surface area contributed by atoms with Crippen molar-refractivity contribution in [2.24, 2.45) is 0 Å². The Balaban J connectivity index is 2.22. The van der Waals surface area contributed by atoms with Crippen LogP contribution in [-0.4, -0.2) is 23.2 Å². The number of aromatic nitrogens is 1. The number of nitrogens with zero attached hydrogens (tertiary/aromatic N) is 1. The molecule has 6 heteroatoms. The molecule has 2 aromatic rings. The van der Waals surface area contributed by atoms with Crippen molar-refractivity contribution in [3.63, 3.8) is 0 Å². The molecule has 0 aliphatic carbocycles. The van der Waals surface area contributed by atoms with Crippen molar-refractivity contribution in [3.05, 3.63) is 18.2 Å². The number of rotatable bonds is 3. The molecule has 0 saturated heterocycles. The highest BCUT2D eigenvalue weighted by molar-refractivity contribution is 8.00. The van der Waals surface area contributed by atoms with Crippen LogP contribution in [0.2, 0.25) is 0 Å². The van der Waals surface area contributed by atoms with Gasteiger partial charge in [-0.25, -0.2) is 4.98 Å². The second-order valence-electron chi connectivity index (χ2n) is 3.58. The lowest BCUT2D eigenvalue weighted by Gasteiger charge is -2.05. The molecule has 0 aliphatic heterocycles. The van der Waals surface area contributed by atoms with Gasteiger partial charge in [-0.05, 0) is 19.1 Å². The third-order valence-electron chi connectivity index (χ3n) is 2.29. The van der Waals surface area contributed by atoms with Gasteiger partial charge in [0.05, 0.1) is 5.25 Å². The third-order valence-corrected chi connectivity index (χ3v) is 3.23. The Morgan fingerprint density at radius 2 is 2.35 bits per heavy atom. The van der Waals surface area contributed by atoms with Crippen LogP contribution in [-0.2, 0) is 4.79 Å². The maximum atomic E-state index is 11.4. The monoisotopic (exact) mass is 251 g/mol. The number of amides is 1. The topological polar surface area (TPSA) is 81.2 Å². The van der Waals surface area contributed by atoms with E-state index >= 15 is 0 Å². The van der Waals surface area contributed by atoms with E-state index in [4.69, 9.17) is 10.2 Å². The molecular formula is C11H13N3O2S. The van der Waals surface area contributed by atoms with Gasteiger partial charge in [0.1, 0.15) is 5.52 Å². The predicted octanol–water partition coefficient (Wildman–Crippen LogP) is 1.64. The fourth-order valence-corrected chi connectivity index (χ4v) is 2.19. The van der Waals surface area contributed by atoms with E-state index in [1.165, 1.54) is 11.8 Å². The Kier molecular flexibility index (Phi) is 3.23. The molecule has 0 aliphatic rings. The van der Waals surface area contributed by atoms with Crippen molar-refractivity contribution in [2.75, 3.05) is 12.8 Å². The highest BCUT2D eigenvalue weighted by Gasteiger charge is 2.16. The van der Waals surface area contributed by atoms with Crippen LogP contribution in [0.25, 0.3) is 11.1 Å². The van der Waals surface area contributed by atoms with Crippen LogP contribution in [0.15, 0.2) is 27.8 Å². The first-order valence-electron chi connectivity index (χ1n) is 5.14. The molecule has 90 valence electrons. The zero-order valence-corrected chi connectivity index (χ0v) is 10.4. The molecule has 17 heavy (non-hydrogen) atoms. The van der Waals surface area contributed by atoms with Gasteiger partial charge in [-0.3, -0.25) is 4.79 Å². The standard InChI is InChI=1S/C11H13N3O2S/c1-6(10(15)13-2)17-11-14-8-4-3-7(12)5-9(8)16-11/h3-6H,12H2,1-2H3,(H,13,15). The normalized spacial score (nSPS) is 12.6. The van der Waals surface area contributed by atoms with Crippen LogP contribution < -0.4 is 11.1 Å². The Labute approximate surface area is 103 Å². The van der Waals surface area contributed by atoms with Gasteiger partial charge in [0.25, 0.3) is 5.22 Å². The second kappa shape index (κ2) is 4.67. The molecule has 5 nitrogen and oxygen atoms in total. The van der Waals surface area contributed by atoms with Gasteiger partial charge >= 0.3 is 0 Å². The number of oxazole rings is 1. The van der Waals surface area contributed by atoms with Crippen molar-refractivity contribution in [3.8, 4) is 0 Å². The number of fused-ring (bicyclic) bond motifs is 1. The number of benzene rings is 1. The number of hydrogen-bond acceptors (Lipinski definition) is 5. The van der Waals surface area contributed by atoms with Crippen LogP contribution >= 0.6 is 11.8 Å². The maximum absolute atomic E-state index is 11.4. The molecule has 3 N–H and O–H groups in total. The average molecular weight is 251 g/mol. The molecule has 0 fully saturated rings. The number of carbonyl (C=O) groups is 1. The SMILES string of the molecule is CNC(=O)C(C)Sc1nc2ccc(N)cc2o1. The van der Waals surface area contributed by atoms with Crippen molar-refractivity contribution in [1.82, 2.24) is 10.3 Å². The number of carbonyl (C=O) groups excluding carboxylic acids is 1. The first-order chi connectivity index (χ1) is 8.10. The number of hydrogen-bond donors (Lipinski definition) is 2. The minimum atomic E-state index is -0.245. The van der Waals surface area contributed by atoms with E-state index in [9.17, 15) is 4.79 Å². The fourth-order valence-electron chi connectivity index (χ4n) is 1.38. The molecule has 1 unspecified atom stereocenters. The number of thioether (sulfide) groups is 1. The molecule has 0 bridgehead atoms. The third kappa shape index (κ3) is 2.52. The number of nitrogens with one attached hydrogen (secondary N) is 1. The smallest absolute Gasteiger partial charge is 0.257 e. The molecule has 2 rings (SSSR count). The Morgan fingerprint density at radius 1 is 1.59 bits per heavy atom. The van der Waals surface area contributed by atoms with E-state index in [1.54, 1.807) is 32.2 Å². The lowest BCUT2D eigenvalue weighted by molar-refractivity contribution is -0.119. The summed E-state index contributed by atoms with van der Waals surface area (Å²) in [7, 11) is 1.60. The van der Waals surface area contributed by atoms with E-state index in [-0.39, 0.29) is 11.2 Å². The van der Waals surface area contributed by atoms with Crippen LogP contribution in [0.5, 0.6) is 0 Å².